The van der Waals surface area contributed by atoms with Gasteiger partial charge in [-0.15, -0.1) is 0 Å². The monoisotopic (exact) mass is 238 g/mol. The van der Waals surface area contributed by atoms with Gasteiger partial charge in [0, 0.05) is 29.5 Å². The summed E-state index contributed by atoms with van der Waals surface area (Å²) in [5, 5.41) is 1.20. The van der Waals surface area contributed by atoms with Crippen LogP contribution in [-0.2, 0) is 0 Å². The number of rotatable bonds is 1. The Balaban J connectivity index is 0.000000138. The van der Waals surface area contributed by atoms with Crippen LogP contribution in [0.1, 0.15) is 17.3 Å². The van der Waals surface area contributed by atoms with E-state index in [4.69, 9.17) is 0 Å². The Morgan fingerprint density at radius 1 is 1.11 bits per heavy atom. The molecule has 0 amide bonds. The van der Waals surface area contributed by atoms with Gasteiger partial charge in [-0.2, -0.15) is 0 Å². The number of aromatic nitrogens is 2. The van der Waals surface area contributed by atoms with Gasteiger partial charge in [0.1, 0.15) is 0 Å². The number of hydrogen-bond donors (Lipinski definition) is 1. The molecule has 0 radical (unpaired) electrons. The quantitative estimate of drug-likeness (QED) is 0.660. The molecule has 1 aromatic carbocycles. The van der Waals surface area contributed by atoms with E-state index in [0.717, 1.165) is 11.1 Å². The fourth-order valence-corrected chi connectivity index (χ4v) is 1.56. The highest BCUT2D eigenvalue weighted by atomic mass is 16.1. The maximum Gasteiger partial charge on any atom is 0.161 e. The number of para-hydroxylation sites is 1. The van der Waals surface area contributed by atoms with Crippen LogP contribution < -0.4 is 0 Å². The lowest BCUT2D eigenvalue weighted by molar-refractivity contribution is 0.101. The van der Waals surface area contributed by atoms with Crippen molar-refractivity contribution in [1.82, 2.24) is 9.97 Å². The van der Waals surface area contributed by atoms with E-state index in [1.165, 1.54) is 5.39 Å². The van der Waals surface area contributed by atoms with Crippen molar-refractivity contribution in [3.05, 3.63) is 66.6 Å². The number of fused-ring (bicyclic) bond motifs is 1. The van der Waals surface area contributed by atoms with Crippen LogP contribution in [0.5, 0.6) is 0 Å². The molecule has 0 saturated carbocycles. The van der Waals surface area contributed by atoms with Crippen molar-refractivity contribution in [2.24, 2.45) is 0 Å². The van der Waals surface area contributed by atoms with Gasteiger partial charge < -0.3 is 4.98 Å². The highest BCUT2D eigenvalue weighted by Crippen LogP contribution is 2.07. The molecule has 0 bridgehead atoms. The predicted octanol–water partition coefficient (Wildman–Crippen LogP) is 3.45. The molecule has 0 fully saturated rings. The molecule has 2 aromatic heterocycles. The SMILES string of the molecule is CC(=O)c1cc[nH]c1.c1ccc2ncccc2c1. The Morgan fingerprint density at radius 3 is 2.50 bits per heavy atom. The number of pyridine rings is 1. The third kappa shape index (κ3) is 3.04. The first-order valence-corrected chi connectivity index (χ1v) is 5.71. The lowest BCUT2D eigenvalue weighted by atomic mass is 10.2. The summed E-state index contributed by atoms with van der Waals surface area (Å²) >= 11 is 0. The van der Waals surface area contributed by atoms with Gasteiger partial charge in [0.15, 0.2) is 5.78 Å². The molecular formula is C15H14N2O. The van der Waals surface area contributed by atoms with Gasteiger partial charge in [-0.1, -0.05) is 24.3 Å². The summed E-state index contributed by atoms with van der Waals surface area (Å²) in [6.07, 6.45) is 5.22. The van der Waals surface area contributed by atoms with Crippen molar-refractivity contribution in [3.8, 4) is 0 Å². The fourth-order valence-electron chi connectivity index (χ4n) is 1.56. The van der Waals surface area contributed by atoms with Crippen LogP contribution in [0.4, 0.5) is 0 Å². The van der Waals surface area contributed by atoms with Crippen molar-refractivity contribution < 1.29 is 4.79 Å². The number of benzene rings is 1. The zero-order chi connectivity index (χ0) is 12.8. The maximum absolute atomic E-state index is 10.5. The molecule has 3 nitrogen and oxygen atoms in total. The van der Waals surface area contributed by atoms with E-state index in [1.807, 2.05) is 30.5 Å². The molecule has 90 valence electrons. The third-order valence-electron chi connectivity index (χ3n) is 2.52. The summed E-state index contributed by atoms with van der Waals surface area (Å²) in [6.45, 7) is 1.54. The standard InChI is InChI=1S/C9H7N.C6H7NO/c1-2-6-9-8(4-1)5-3-7-10-9;1-5(8)6-2-3-7-4-6/h1-7H;2-4,7H,1H3. The molecule has 0 aliphatic heterocycles. The Labute approximate surface area is 105 Å². The number of nitrogens with one attached hydrogen (secondary N) is 1. The lowest BCUT2D eigenvalue weighted by Gasteiger charge is -1.91. The van der Waals surface area contributed by atoms with Crippen LogP contribution >= 0.6 is 0 Å². The minimum Gasteiger partial charge on any atom is -0.367 e. The molecule has 3 heteroatoms. The first kappa shape index (κ1) is 12.0. The van der Waals surface area contributed by atoms with E-state index < -0.39 is 0 Å². The maximum atomic E-state index is 10.5. The van der Waals surface area contributed by atoms with Gasteiger partial charge in [-0.25, -0.2) is 0 Å². The summed E-state index contributed by atoms with van der Waals surface area (Å²) in [4.78, 5) is 17.5. The van der Waals surface area contributed by atoms with Crippen LogP contribution in [-0.4, -0.2) is 15.8 Å². The van der Waals surface area contributed by atoms with E-state index in [1.54, 1.807) is 25.4 Å². The van der Waals surface area contributed by atoms with Gasteiger partial charge in [-0.3, -0.25) is 9.78 Å². The molecule has 2 heterocycles. The Bertz CT molecular complexity index is 564. The number of H-pyrrole nitrogens is 1. The second-order valence-electron chi connectivity index (χ2n) is 3.85. The van der Waals surface area contributed by atoms with Crippen molar-refractivity contribution in [1.29, 1.82) is 0 Å². The van der Waals surface area contributed by atoms with Crippen LogP contribution in [0, 0.1) is 0 Å². The molecule has 18 heavy (non-hydrogen) atoms. The summed E-state index contributed by atoms with van der Waals surface area (Å²) in [7, 11) is 0. The lowest BCUT2D eigenvalue weighted by Crippen LogP contribution is -1.85. The Hall–Kier alpha value is -2.42. The number of carbonyl (C=O) groups is 1. The summed E-state index contributed by atoms with van der Waals surface area (Å²) in [6, 6.07) is 13.8. The van der Waals surface area contributed by atoms with Crippen LogP contribution in [0.15, 0.2) is 61.1 Å². The Morgan fingerprint density at radius 2 is 1.89 bits per heavy atom. The second kappa shape index (κ2) is 5.77. The smallest absolute Gasteiger partial charge is 0.161 e. The van der Waals surface area contributed by atoms with Gasteiger partial charge in [0.2, 0.25) is 0 Å². The van der Waals surface area contributed by atoms with E-state index in [0.29, 0.717) is 0 Å². The van der Waals surface area contributed by atoms with E-state index in [9.17, 15) is 4.79 Å². The fraction of sp³-hybridized carbons (Fsp3) is 0.0667. The zero-order valence-corrected chi connectivity index (χ0v) is 10.1. The number of hydrogen-bond acceptors (Lipinski definition) is 2. The molecule has 3 rings (SSSR count). The average molecular weight is 238 g/mol. The minimum atomic E-state index is 0.103. The van der Waals surface area contributed by atoms with Gasteiger partial charge in [-0.05, 0) is 25.1 Å². The largest absolute Gasteiger partial charge is 0.367 e. The Kier molecular flexibility index (Phi) is 3.86. The number of aromatic amines is 1. The van der Waals surface area contributed by atoms with Crippen molar-refractivity contribution in [2.45, 2.75) is 6.92 Å². The van der Waals surface area contributed by atoms with Crippen molar-refractivity contribution in [2.75, 3.05) is 0 Å². The number of Topliss-reactive ketones (excluding diaryl/α,β-unsaturated/α-hetero) is 1. The van der Waals surface area contributed by atoms with Gasteiger partial charge >= 0.3 is 0 Å². The molecule has 3 aromatic rings. The number of nitrogens with zero attached hydrogens (tertiary/aromatic N) is 1. The van der Waals surface area contributed by atoms with Gasteiger partial charge in [0.05, 0.1) is 5.52 Å². The van der Waals surface area contributed by atoms with Crippen LogP contribution in [0.3, 0.4) is 0 Å². The third-order valence-corrected chi connectivity index (χ3v) is 2.52. The van der Waals surface area contributed by atoms with E-state index >= 15 is 0 Å². The molecule has 0 aliphatic carbocycles. The number of ketones is 1. The normalized spacial score (nSPS) is 9.61. The highest BCUT2D eigenvalue weighted by molar-refractivity contribution is 5.93. The summed E-state index contributed by atoms with van der Waals surface area (Å²) in [5.41, 5.74) is 1.80. The van der Waals surface area contributed by atoms with E-state index in [-0.39, 0.29) is 5.78 Å². The zero-order valence-electron chi connectivity index (χ0n) is 10.1. The average Bonchev–Trinajstić information content (AvgIpc) is 2.94. The first-order chi connectivity index (χ1) is 8.77. The van der Waals surface area contributed by atoms with Crippen molar-refractivity contribution >= 4 is 16.7 Å². The molecule has 0 aliphatic rings. The highest BCUT2D eigenvalue weighted by Gasteiger charge is 1.94. The molecule has 0 unspecified atom stereocenters. The van der Waals surface area contributed by atoms with Crippen LogP contribution in [0.2, 0.25) is 0 Å². The molecule has 1 N–H and O–H groups in total. The molecule has 0 spiro atoms. The van der Waals surface area contributed by atoms with Crippen molar-refractivity contribution in [3.63, 3.8) is 0 Å². The van der Waals surface area contributed by atoms with Crippen LogP contribution in [0.25, 0.3) is 10.9 Å². The summed E-state index contributed by atoms with van der Waals surface area (Å²) in [5.74, 6) is 0.103. The van der Waals surface area contributed by atoms with Gasteiger partial charge in [0.25, 0.3) is 0 Å². The minimum absolute atomic E-state index is 0.103. The topological polar surface area (TPSA) is 45.8 Å². The first-order valence-electron chi connectivity index (χ1n) is 5.71. The number of carbonyl (C=O) groups excluding carboxylic acids is 1. The molecule has 0 saturated heterocycles. The molecular weight excluding hydrogens is 224 g/mol. The summed E-state index contributed by atoms with van der Waals surface area (Å²) < 4.78 is 0. The second-order valence-corrected chi connectivity index (χ2v) is 3.85. The predicted molar refractivity (Wildman–Crippen MR) is 72.5 cm³/mol. The molecule has 0 atom stereocenters. The van der Waals surface area contributed by atoms with E-state index in [2.05, 4.69) is 22.1 Å².